The fraction of sp³-hybridized carbons (Fsp3) is 0.318. The van der Waals surface area contributed by atoms with E-state index >= 15 is 0 Å². The zero-order valence-electron chi connectivity index (χ0n) is 17.4. The number of carbonyl (C=O) groups is 1. The van der Waals surface area contributed by atoms with Crippen LogP contribution in [0.15, 0.2) is 50.6 Å². The van der Waals surface area contributed by atoms with Crippen LogP contribution in [0.5, 0.6) is 0 Å². The third-order valence-electron chi connectivity index (χ3n) is 4.83. The number of furan rings is 1. The molecule has 0 radical (unpaired) electrons. The number of hydrogen-bond donors (Lipinski definition) is 2. The van der Waals surface area contributed by atoms with Gasteiger partial charge in [0.05, 0.1) is 12.8 Å². The molecule has 0 spiro atoms. The van der Waals surface area contributed by atoms with E-state index in [2.05, 4.69) is 4.98 Å². The normalized spacial score (nSPS) is 10.9. The molecule has 2 heterocycles. The molecule has 0 atom stereocenters. The number of anilines is 2. The molecule has 0 saturated carbocycles. The molecule has 0 aliphatic carbocycles. The molecule has 0 aliphatic rings. The molecule has 1 amide bonds. The summed E-state index contributed by atoms with van der Waals surface area (Å²) < 4.78 is 6.70. The number of amides is 1. The number of aryl methyl sites for hydroxylation is 2. The fourth-order valence-electron chi connectivity index (χ4n) is 3.44. The van der Waals surface area contributed by atoms with Crippen molar-refractivity contribution in [1.29, 1.82) is 0 Å². The molecule has 8 heteroatoms. The van der Waals surface area contributed by atoms with E-state index < -0.39 is 17.2 Å². The number of nitrogens with one attached hydrogen (secondary N) is 1. The topological polar surface area (TPSA) is 114 Å². The van der Waals surface area contributed by atoms with Crippen molar-refractivity contribution in [2.45, 2.75) is 46.7 Å². The molecule has 8 nitrogen and oxygen atoms in total. The van der Waals surface area contributed by atoms with Gasteiger partial charge in [0.25, 0.3) is 11.5 Å². The minimum atomic E-state index is -0.713. The van der Waals surface area contributed by atoms with Gasteiger partial charge >= 0.3 is 5.69 Å². The summed E-state index contributed by atoms with van der Waals surface area (Å²) in [5, 5.41) is 0. The van der Waals surface area contributed by atoms with E-state index in [-0.39, 0.29) is 18.1 Å². The van der Waals surface area contributed by atoms with Gasteiger partial charge in [-0.2, -0.15) is 0 Å². The highest BCUT2D eigenvalue weighted by Gasteiger charge is 2.26. The minimum absolute atomic E-state index is 0.00190. The van der Waals surface area contributed by atoms with Gasteiger partial charge in [-0.05, 0) is 44.5 Å². The third-order valence-corrected chi connectivity index (χ3v) is 4.83. The van der Waals surface area contributed by atoms with Crippen LogP contribution in [-0.4, -0.2) is 15.5 Å². The second-order valence-corrected chi connectivity index (χ2v) is 7.35. The standard InChI is InChI=1S/C22H26N4O4/c1-4-5-8-25-19(23)18(20(27)24-22(25)29)26(13-17-7-6-9-30-17)21(28)16-11-14(2)10-15(3)12-16/h6-7,9-12H,4-5,8,13,23H2,1-3H3,(H,24,27,29). The highest BCUT2D eigenvalue weighted by atomic mass is 16.3. The lowest BCUT2D eigenvalue weighted by atomic mass is 10.1. The summed E-state index contributed by atoms with van der Waals surface area (Å²) in [6.45, 7) is 6.12. The Bertz CT molecular complexity index is 1140. The number of aromatic nitrogens is 2. The first-order valence-corrected chi connectivity index (χ1v) is 9.87. The molecule has 158 valence electrons. The van der Waals surface area contributed by atoms with Gasteiger partial charge in [-0.3, -0.25) is 24.0 Å². The lowest BCUT2D eigenvalue weighted by Crippen LogP contribution is -2.41. The van der Waals surface area contributed by atoms with Crippen LogP contribution in [0, 0.1) is 13.8 Å². The first-order chi connectivity index (χ1) is 14.3. The minimum Gasteiger partial charge on any atom is -0.467 e. The summed E-state index contributed by atoms with van der Waals surface area (Å²) >= 11 is 0. The lowest BCUT2D eigenvalue weighted by Gasteiger charge is -2.24. The van der Waals surface area contributed by atoms with Gasteiger partial charge in [0.2, 0.25) is 0 Å². The van der Waals surface area contributed by atoms with Gasteiger partial charge in [0.1, 0.15) is 11.6 Å². The first kappa shape index (κ1) is 21.2. The number of aromatic amines is 1. The van der Waals surface area contributed by atoms with Crippen LogP contribution in [0.25, 0.3) is 0 Å². The Balaban J connectivity index is 2.17. The quantitative estimate of drug-likeness (QED) is 0.621. The zero-order valence-corrected chi connectivity index (χ0v) is 17.4. The smallest absolute Gasteiger partial charge is 0.330 e. The molecule has 2 aromatic heterocycles. The Kier molecular flexibility index (Phi) is 6.25. The average Bonchev–Trinajstić information content (AvgIpc) is 3.18. The van der Waals surface area contributed by atoms with E-state index in [1.807, 2.05) is 26.8 Å². The Morgan fingerprint density at radius 2 is 1.90 bits per heavy atom. The van der Waals surface area contributed by atoms with E-state index in [4.69, 9.17) is 10.2 Å². The van der Waals surface area contributed by atoms with Gasteiger partial charge in [0.15, 0.2) is 5.69 Å². The summed E-state index contributed by atoms with van der Waals surface area (Å²) in [5.74, 6) is 0.0374. The number of carbonyl (C=O) groups excluding carboxylic acids is 1. The van der Waals surface area contributed by atoms with Crippen molar-refractivity contribution in [1.82, 2.24) is 9.55 Å². The number of rotatable bonds is 7. The molecule has 3 N–H and O–H groups in total. The maximum atomic E-state index is 13.5. The second-order valence-electron chi connectivity index (χ2n) is 7.35. The molecule has 0 bridgehead atoms. The molecule has 0 fully saturated rings. The number of nitrogens with two attached hydrogens (primary N) is 1. The Morgan fingerprint density at radius 1 is 1.20 bits per heavy atom. The number of benzene rings is 1. The van der Waals surface area contributed by atoms with E-state index in [0.717, 1.165) is 17.5 Å². The maximum absolute atomic E-state index is 13.5. The maximum Gasteiger partial charge on any atom is 0.330 e. The van der Waals surface area contributed by atoms with Crippen LogP contribution in [0.3, 0.4) is 0 Å². The number of nitrogens with zero attached hydrogens (tertiary/aromatic N) is 2. The van der Waals surface area contributed by atoms with Crippen molar-refractivity contribution in [3.63, 3.8) is 0 Å². The number of H-pyrrole nitrogens is 1. The summed E-state index contributed by atoms with van der Waals surface area (Å²) in [5.41, 5.74) is 7.15. The van der Waals surface area contributed by atoms with E-state index in [1.54, 1.807) is 24.3 Å². The molecule has 1 aromatic carbocycles. The Morgan fingerprint density at radius 3 is 2.50 bits per heavy atom. The molecular formula is C22H26N4O4. The number of unbranched alkanes of at least 4 members (excludes halogenated alkanes) is 1. The van der Waals surface area contributed by atoms with Crippen molar-refractivity contribution >= 4 is 17.4 Å². The summed E-state index contributed by atoms with van der Waals surface area (Å²) in [6, 6.07) is 8.87. The molecule has 0 saturated heterocycles. The van der Waals surface area contributed by atoms with Gasteiger partial charge in [-0.15, -0.1) is 0 Å². The predicted molar refractivity (Wildman–Crippen MR) is 116 cm³/mol. The summed E-state index contributed by atoms with van der Waals surface area (Å²) in [4.78, 5) is 42.1. The molecule has 30 heavy (non-hydrogen) atoms. The van der Waals surface area contributed by atoms with Crippen molar-refractivity contribution in [3.05, 3.63) is 79.9 Å². The van der Waals surface area contributed by atoms with E-state index in [0.29, 0.717) is 24.3 Å². The van der Waals surface area contributed by atoms with E-state index in [1.165, 1.54) is 15.7 Å². The third kappa shape index (κ3) is 4.37. The lowest BCUT2D eigenvalue weighted by molar-refractivity contribution is 0.0982. The fourth-order valence-corrected chi connectivity index (χ4v) is 3.44. The van der Waals surface area contributed by atoms with Gasteiger partial charge < -0.3 is 10.2 Å². The van der Waals surface area contributed by atoms with Crippen molar-refractivity contribution < 1.29 is 9.21 Å². The highest BCUT2D eigenvalue weighted by Crippen LogP contribution is 2.23. The summed E-state index contributed by atoms with van der Waals surface area (Å²) in [7, 11) is 0. The van der Waals surface area contributed by atoms with Crippen molar-refractivity contribution in [2.75, 3.05) is 10.6 Å². The number of nitrogen functional groups attached to an aromatic ring is 1. The first-order valence-electron chi connectivity index (χ1n) is 9.87. The van der Waals surface area contributed by atoms with Crippen LogP contribution >= 0.6 is 0 Å². The largest absolute Gasteiger partial charge is 0.467 e. The van der Waals surface area contributed by atoms with Crippen molar-refractivity contribution in [2.24, 2.45) is 0 Å². The molecule has 0 unspecified atom stereocenters. The van der Waals surface area contributed by atoms with Crippen molar-refractivity contribution in [3.8, 4) is 0 Å². The average molecular weight is 410 g/mol. The van der Waals surface area contributed by atoms with Gasteiger partial charge in [0, 0.05) is 12.1 Å². The zero-order chi connectivity index (χ0) is 21.8. The summed E-state index contributed by atoms with van der Waals surface area (Å²) in [6.07, 6.45) is 3.04. The van der Waals surface area contributed by atoms with Crippen LogP contribution < -0.4 is 21.9 Å². The molecule has 0 aliphatic heterocycles. The van der Waals surface area contributed by atoms with Gasteiger partial charge in [-0.1, -0.05) is 30.5 Å². The van der Waals surface area contributed by atoms with Crippen LogP contribution in [0.2, 0.25) is 0 Å². The van der Waals surface area contributed by atoms with Crippen LogP contribution in [0.4, 0.5) is 11.5 Å². The van der Waals surface area contributed by atoms with Gasteiger partial charge in [-0.25, -0.2) is 4.79 Å². The van der Waals surface area contributed by atoms with E-state index in [9.17, 15) is 14.4 Å². The molecular weight excluding hydrogens is 384 g/mol. The molecule has 3 aromatic rings. The monoisotopic (exact) mass is 410 g/mol. The second kappa shape index (κ2) is 8.86. The predicted octanol–water partition coefficient (Wildman–Crippen LogP) is 2.98. The number of hydrogen-bond acceptors (Lipinski definition) is 5. The Hall–Kier alpha value is -3.55. The Labute approximate surface area is 173 Å². The molecule has 3 rings (SSSR count). The SMILES string of the molecule is CCCCn1c(N)c(N(Cc2ccco2)C(=O)c2cc(C)cc(C)c2)c(=O)[nH]c1=O. The van der Waals surface area contributed by atoms with Crippen LogP contribution in [0.1, 0.15) is 47.0 Å². The highest BCUT2D eigenvalue weighted by molar-refractivity contribution is 6.07. The van der Waals surface area contributed by atoms with Crippen LogP contribution in [-0.2, 0) is 13.1 Å².